The molecule has 0 bridgehead atoms. The molecule has 1 rings (SSSR count). The summed E-state index contributed by atoms with van der Waals surface area (Å²) in [6.07, 6.45) is 1.51. The molecule has 0 aromatic carbocycles. The highest BCUT2D eigenvalue weighted by Crippen LogP contribution is 2.05. The molecule has 5 heteroatoms. The highest BCUT2D eigenvalue weighted by Gasteiger charge is 1.96. The summed E-state index contributed by atoms with van der Waals surface area (Å²) in [6.45, 7) is 0.0923. The SMILES string of the molecule is Cl.O=C(Cl)CNc1ccco1. The molecule has 3 nitrogen and oxygen atoms in total. The topological polar surface area (TPSA) is 42.2 Å². The molecular formula is C6H7Cl2NO2. The molecule has 0 saturated carbocycles. The largest absolute Gasteiger partial charge is 0.449 e. The van der Waals surface area contributed by atoms with Crippen LogP contribution in [-0.4, -0.2) is 11.8 Å². The number of furan rings is 1. The lowest BCUT2D eigenvalue weighted by Crippen LogP contribution is -2.06. The summed E-state index contributed by atoms with van der Waals surface area (Å²) < 4.78 is 4.86. The second kappa shape index (κ2) is 5.04. The molecule has 11 heavy (non-hydrogen) atoms. The van der Waals surface area contributed by atoms with Crippen LogP contribution in [0, 0.1) is 0 Å². The summed E-state index contributed by atoms with van der Waals surface area (Å²) in [5, 5.41) is 2.24. The number of halogens is 2. The zero-order valence-corrected chi connectivity index (χ0v) is 7.11. The fourth-order valence-electron chi connectivity index (χ4n) is 0.536. The van der Waals surface area contributed by atoms with Crippen molar-refractivity contribution in [2.24, 2.45) is 0 Å². The summed E-state index contributed by atoms with van der Waals surface area (Å²) in [5.41, 5.74) is 0. The maximum Gasteiger partial charge on any atom is 0.240 e. The van der Waals surface area contributed by atoms with Crippen LogP contribution in [0.5, 0.6) is 0 Å². The van der Waals surface area contributed by atoms with Gasteiger partial charge < -0.3 is 9.73 Å². The van der Waals surface area contributed by atoms with Crippen LogP contribution >= 0.6 is 24.0 Å². The molecule has 0 fully saturated rings. The number of nitrogens with one attached hydrogen (secondary N) is 1. The van der Waals surface area contributed by atoms with E-state index in [0.717, 1.165) is 0 Å². The first kappa shape index (κ1) is 10.3. The minimum atomic E-state index is -0.434. The normalized spacial score (nSPS) is 8.45. The van der Waals surface area contributed by atoms with Gasteiger partial charge in [0.15, 0.2) is 5.88 Å². The average molecular weight is 196 g/mol. The zero-order chi connectivity index (χ0) is 7.40. The van der Waals surface area contributed by atoms with Crippen LogP contribution in [0.3, 0.4) is 0 Å². The van der Waals surface area contributed by atoms with Gasteiger partial charge >= 0.3 is 0 Å². The smallest absolute Gasteiger partial charge is 0.240 e. The molecule has 0 aliphatic carbocycles. The second-order valence-corrected chi connectivity index (χ2v) is 2.11. The highest BCUT2D eigenvalue weighted by molar-refractivity contribution is 6.64. The van der Waals surface area contributed by atoms with Gasteiger partial charge in [0.05, 0.1) is 12.8 Å². The molecule has 1 aromatic heterocycles. The Morgan fingerprint density at radius 1 is 1.73 bits per heavy atom. The maximum atomic E-state index is 10.2. The van der Waals surface area contributed by atoms with Crippen molar-refractivity contribution in [3.63, 3.8) is 0 Å². The van der Waals surface area contributed by atoms with Crippen molar-refractivity contribution in [2.75, 3.05) is 11.9 Å². The lowest BCUT2D eigenvalue weighted by atomic mass is 10.6. The third kappa shape index (κ3) is 3.91. The Morgan fingerprint density at radius 3 is 2.91 bits per heavy atom. The first-order chi connectivity index (χ1) is 4.79. The van der Waals surface area contributed by atoms with E-state index in [1.807, 2.05) is 0 Å². The molecule has 0 atom stereocenters. The van der Waals surface area contributed by atoms with Crippen LogP contribution in [0.25, 0.3) is 0 Å². The first-order valence-corrected chi connectivity index (χ1v) is 3.12. The molecule has 1 N–H and O–H groups in total. The van der Waals surface area contributed by atoms with E-state index in [1.54, 1.807) is 12.1 Å². The molecule has 0 radical (unpaired) electrons. The fraction of sp³-hybridized carbons (Fsp3) is 0.167. The predicted octanol–water partition coefficient (Wildman–Crippen LogP) is 1.88. The van der Waals surface area contributed by atoms with E-state index in [-0.39, 0.29) is 19.0 Å². The monoisotopic (exact) mass is 195 g/mol. The van der Waals surface area contributed by atoms with Gasteiger partial charge in [0, 0.05) is 6.07 Å². The molecule has 1 heterocycles. The Labute approximate surface area is 75.1 Å². The van der Waals surface area contributed by atoms with Crippen molar-refractivity contribution < 1.29 is 9.21 Å². The van der Waals surface area contributed by atoms with Crippen molar-refractivity contribution in [2.45, 2.75) is 0 Å². The van der Waals surface area contributed by atoms with Gasteiger partial charge in [0.25, 0.3) is 0 Å². The lowest BCUT2D eigenvalue weighted by molar-refractivity contribution is -0.110. The van der Waals surface area contributed by atoms with Crippen molar-refractivity contribution in [1.29, 1.82) is 0 Å². The Kier molecular flexibility index (Phi) is 4.74. The van der Waals surface area contributed by atoms with Crippen molar-refractivity contribution in [1.82, 2.24) is 0 Å². The molecular weight excluding hydrogens is 189 g/mol. The quantitative estimate of drug-likeness (QED) is 0.750. The van der Waals surface area contributed by atoms with Crippen molar-refractivity contribution in [3.05, 3.63) is 18.4 Å². The van der Waals surface area contributed by atoms with E-state index in [1.165, 1.54) is 6.26 Å². The molecule has 0 amide bonds. The van der Waals surface area contributed by atoms with Gasteiger partial charge in [-0.3, -0.25) is 4.79 Å². The number of hydrogen-bond donors (Lipinski definition) is 1. The number of anilines is 1. The van der Waals surface area contributed by atoms with Gasteiger partial charge in [0.2, 0.25) is 5.24 Å². The molecule has 1 aromatic rings. The molecule has 0 aliphatic heterocycles. The van der Waals surface area contributed by atoms with E-state index in [0.29, 0.717) is 5.88 Å². The van der Waals surface area contributed by atoms with Gasteiger partial charge in [-0.05, 0) is 17.7 Å². The third-order valence-corrected chi connectivity index (χ3v) is 1.06. The Morgan fingerprint density at radius 2 is 2.45 bits per heavy atom. The van der Waals surface area contributed by atoms with Crippen LogP contribution in [0.2, 0.25) is 0 Å². The second-order valence-electron chi connectivity index (χ2n) is 1.69. The Balaban J connectivity index is 0.000001000. The lowest BCUT2D eigenvalue weighted by Gasteiger charge is -1.94. The van der Waals surface area contributed by atoms with Crippen LogP contribution < -0.4 is 5.32 Å². The van der Waals surface area contributed by atoms with E-state index in [2.05, 4.69) is 5.32 Å². The maximum absolute atomic E-state index is 10.2. The molecule has 62 valence electrons. The average Bonchev–Trinajstić information content (AvgIpc) is 2.34. The van der Waals surface area contributed by atoms with Gasteiger partial charge in [-0.1, -0.05) is 0 Å². The van der Waals surface area contributed by atoms with Gasteiger partial charge in [-0.25, -0.2) is 0 Å². The Bertz CT molecular complexity index is 210. The minimum Gasteiger partial charge on any atom is -0.449 e. The zero-order valence-electron chi connectivity index (χ0n) is 5.54. The van der Waals surface area contributed by atoms with Crippen LogP contribution in [0.4, 0.5) is 5.88 Å². The van der Waals surface area contributed by atoms with E-state index in [9.17, 15) is 4.79 Å². The summed E-state index contributed by atoms with van der Waals surface area (Å²) in [7, 11) is 0. The standard InChI is InChI=1S/C6H6ClNO2.ClH/c7-5(9)4-8-6-2-1-3-10-6;/h1-3,8H,4H2;1H. The summed E-state index contributed by atoms with van der Waals surface area (Å²) in [4.78, 5) is 10.2. The molecule has 0 spiro atoms. The van der Waals surface area contributed by atoms with Gasteiger partial charge in [0.1, 0.15) is 0 Å². The Hall–Kier alpha value is -0.670. The van der Waals surface area contributed by atoms with E-state index < -0.39 is 5.24 Å². The number of rotatable bonds is 3. The number of carbonyl (C=O) groups is 1. The third-order valence-electron chi connectivity index (χ3n) is 0.923. The summed E-state index contributed by atoms with van der Waals surface area (Å²) >= 11 is 5.05. The van der Waals surface area contributed by atoms with Crippen molar-refractivity contribution >= 4 is 35.1 Å². The highest BCUT2D eigenvalue weighted by atomic mass is 35.5. The van der Waals surface area contributed by atoms with Gasteiger partial charge in [-0.2, -0.15) is 0 Å². The molecule has 0 saturated heterocycles. The first-order valence-electron chi connectivity index (χ1n) is 2.75. The van der Waals surface area contributed by atoms with E-state index in [4.69, 9.17) is 16.0 Å². The van der Waals surface area contributed by atoms with Crippen LogP contribution in [0.15, 0.2) is 22.8 Å². The fourth-order valence-corrected chi connectivity index (χ4v) is 0.603. The van der Waals surface area contributed by atoms with Gasteiger partial charge in [-0.15, -0.1) is 12.4 Å². The molecule has 0 unspecified atom stereocenters. The number of hydrogen-bond acceptors (Lipinski definition) is 3. The predicted molar refractivity (Wildman–Crippen MR) is 45.3 cm³/mol. The van der Waals surface area contributed by atoms with E-state index >= 15 is 0 Å². The van der Waals surface area contributed by atoms with Crippen LogP contribution in [0.1, 0.15) is 0 Å². The molecule has 0 aliphatic rings. The van der Waals surface area contributed by atoms with Crippen molar-refractivity contribution in [3.8, 4) is 0 Å². The summed E-state index contributed by atoms with van der Waals surface area (Å²) in [6, 6.07) is 3.43. The summed E-state index contributed by atoms with van der Waals surface area (Å²) in [5.74, 6) is 0.550. The minimum absolute atomic E-state index is 0. The van der Waals surface area contributed by atoms with Crippen LogP contribution in [-0.2, 0) is 4.79 Å². The number of carbonyl (C=O) groups excluding carboxylic acids is 1.